The van der Waals surface area contributed by atoms with Crippen LogP contribution in [0.1, 0.15) is 39.9 Å². The van der Waals surface area contributed by atoms with Crippen molar-refractivity contribution in [2.45, 2.75) is 38.9 Å². The number of nitrogens with zero attached hydrogens (tertiary/aromatic N) is 1. The molecule has 6 nitrogen and oxygen atoms in total. The van der Waals surface area contributed by atoms with Crippen molar-refractivity contribution >= 4 is 17.8 Å². The van der Waals surface area contributed by atoms with E-state index >= 15 is 0 Å². The lowest BCUT2D eigenvalue weighted by molar-refractivity contribution is -0.135. The Bertz CT molecular complexity index is 861. The van der Waals surface area contributed by atoms with Crippen molar-refractivity contribution in [3.63, 3.8) is 0 Å². The first-order chi connectivity index (χ1) is 12.9. The molecule has 6 heteroatoms. The van der Waals surface area contributed by atoms with Crippen LogP contribution in [0.2, 0.25) is 0 Å². The smallest absolute Gasteiger partial charge is 0.335 e. The number of carboxylic acid groups (broad SMARTS) is 1. The Morgan fingerprint density at radius 1 is 1.15 bits per heavy atom. The van der Waals surface area contributed by atoms with Gasteiger partial charge in [-0.25, -0.2) is 4.79 Å². The van der Waals surface area contributed by atoms with Crippen LogP contribution in [0.5, 0.6) is 0 Å². The average Bonchev–Trinajstić information content (AvgIpc) is 3.02. The number of aromatic carboxylic acids is 1. The lowest BCUT2D eigenvalue weighted by Gasteiger charge is -2.24. The highest BCUT2D eigenvalue weighted by molar-refractivity contribution is 5.91. The fourth-order valence-corrected chi connectivity index (χ4v) is 3.22. The Morgan fingerprint density at radius 2 is 1.89 bits per heavy atom. The third-order valence-electron chi connectivity index (χ3n) is 4.75. The molecule has 0 saturated carbocycles. The largest absolute Gasteiger partial charge is 0.478 e. The van der Waals surface area contributed by atoms with Crippen molar-refractivity contribution in [1.82, 2.24) is 10.2 Å². The molecule has 2 N–H and O–H groups in total. The number of benzene rings is 2. The molecular formula is C21H22N2O4. The zero-order valence-electron chi connectivity index (χ0n) is 15.1. The summed E-state index contributed by atoms with van der Waals surface area (Å²) in [5.74, 6) is -1.24. The Morgan fingerprint density at radius 3 is 2.59 bits per heavy atom. The Balaban J connectivity index is 1.64. The molecule has 0 aliphatic carbocycles. The number of likely N-dealkylation sites (tertiary alicyclic amines) is 1. The summed E-state index contributed by atoms with van der Waals surface area (Å²) in [6.07, 6.45) is 0.851. The van der Waals surface area contributed by atoms with Crippen molar-refractivity contribution in [3.05, 3.63) is 70.8 Å². The number of amides is 2. The predicted octanol–water partition coefficient (Wildman–Crippen LogP) is 2.50. The molecule has 1 heterocycles. The highest BCUT2D eigenvalue weighted by Gasteiger charge is 2.35. The zero-order chi connectivity index (χ0) is 19.4. The molecule has 0 aromatic heterocycles. The highest BCUT2D eigenvalue weighted by Crippen LogP contribution is 2.22. The number of rotatable bonds is 6. The minimum Gasteiger partial charge on any atom is -0.478 e. The van der Waals surface area contributed by atoms with Crippen LogP contribution in [0, 0.1) is 6.92 Å². The minimum absolute atomic E-state index is 0.0244. The fourth-order valence-electron chi connectivity index (χ4n) is 3.22. The number of aryl methyl sites for hydroxylation is 1. The highest BCUT2D eigenvalue weighted by atomic mass is 16.4. The topological polar surface area (TPSA) is 86.7 Å². The molecule has 0 spiro atoms. The molecule has 1 saturated heterocycles. The SMILES string of the molecule is Cc1ccc(CN2C(=O)CC[C@@H]2C(=O)NCc2cccc(C(=O)O)c2)cc1. The van der Waals surface area contributed by atoms with Gasteiger partial charge in [0.25, 0.3) is 0 Å². The van der Waals surface area contributed by atoms with Crippen molar-refractivity contribution in [1.29, 1.82) is 0 Å². The van der Waals surface area contributed by atoms with E-state index in [1.54, 1.807) is 17.0 Å². The first kappa shape index (κ1) is 18.6. The summed E-state index contributed by atoms with van der Waals surface area (Å²) in [5.41, 5.74) is 3.02. The molecule has 3 rings (SSSR count). The van der Waals surface area contributed by atoms with Crippen molar-refractivity contribution in [2.24, 2.45) is 0 Å². The van der Waals surface area contributed by atoms with Gasteiger partial charge in [0.05, 0.1) is 5.56 Å². The molecular weight excluding hydrogens is 344 g/mol. The summed E-state index contributed by atoms with van der Waals surface area (Å²) >= 11 is 0. The number of carbonyl (C=O) groups is 3. The molecule has 1 atom stereocenters. The second-order valence-electron chi connectivity index (χ2n) is 6.79. The normalized spacial score (nSPS) is 16.4. The van der Waals surface area contributed by atoms with Crippen LogP contribution in [-0.2, 0) is 22.7 Å². The molecule has 1 fully saturated rings. The molecule has 0 radical (unpaired) electrons. The number of nitrogens with one attached hydrogen (secondary N) is 1. The van der Waals surface area contributed by atoms with Gasteiger partial charge in [-0.1, -0.05) is 42.0 Å². The van der Waals surface area contributed by atoms with E-state index in [4.69, 9.17) is 5.11 Å². The first-order valence-electron chi connectivity index (χ1n) is 8.89. The molecule has 1 aliphatic heterocycles. The van der Waals surface area contributed by atoms with E-state index in [1.165, 1.54) is 12.1 Å². The summed E-state index contributed by atoms with van der Waals surface area (Å²) in [5, 5.41) is 11.9. The second kappa shape index (κ2) is 8.03. The van der Waals surface area contributed by atoms with Gasteiger partial charge in [0.2, 0.25) is 11.8 Å². The molecule has 0 bridgehead atoms. The second-order valence-corrected chi connectivity index (χ2v) is 6.79. The molecule has 27 heavy (non-hydrogen) atoms. The fraction of sp³-hybridized carbons (Fsp3) is 0.286. The van der Waals surface area contributed by atoms with Gasteiger partial charge in [0, 0.05) is 19.5 Å². The molecule has 0 unspecified atom stereocenters. The van der Waals surface area contributed by atoms with Crippen LogP contribution in [0.15, 0.2) is 48.5 Å². The van der Waals surface area contributed by atoms with E-state index in [0.717, 1.165) is 11.1 Å². The lowest BCUT2D eigenvalue weighted by Crippen LogP contribution is -2.44. The maximum Gasteiger partial charge on any atom is 0.335 e. The van der Waals surface area contributed by atoms with Gasteiger partial charge in [-0.15, -0.1) is 0 Å². The van der Waals surface area contributed by atoms with Crippen LogP contribution < -0.4 is 5.32 Å². The number of hydrogen-bond donors (Lipinski definition) is 2. The maximum atomic E-state index is 12.6. The number of hydrogen-bond acceptors (Lipinski definition) is 3. The van der Waals surface area contributed by atoms with Crippen molar-refractivity contribution in [3.8, 4) is 0 Å². The average molecular weight is 366 g/mol. The lowest BCUT2D eigenvalue weighted by atomic mass is 10.1. The van der Waals surface area contributed by atoms with Gasteiger partial charge in [-0.05, 0) is 36.6 Å². The predicted molar refractivity (Wildman–Crippen MR) is 100.0 cm³/mol. The Hall–Kier alpha value is -3.15. The quantitative estimate of drug-likeness (QED) is 0.822. The first-order valence-corrected chi connectivity index (χ1v) is 8.89. The van der Waals surface area contributed by atoms with Gasteiger partial charge in [-0.3, -0.25) is 9.59 Å². The van der Waals surface area contributed by atoms with Crippen molar-refractivity contribution in [2.75, 3.05) is 0 Å². The summed E-state index contributed by atoms with van der Waals surface area (Å²) < 4.78 is 0. The van der Waals surface area contributed by atoms with E-state index in [0.29, 0.717) is 24.9 Å². The summed E-state index contributed by atoms with van der Waals surface area (Å²) in [6.45, 7) is 2.63. The van der Waals surface area contributed by atoms with Crippen LogP contribution in [-0.4, -0.2) is 33.8 Å². The van der Waals surface area contributed by atoms with Crippen LogP contribution in [0.3, 0.4) is 0 Å². The molecule has 2 aromatic rings. The van der Waals surface area contributed by atoms with E-state index < -0.39 is 12.0 Å². The van der Waals surface area contributed by atoms with Crippen LogP contribution in [0.4, 0.5) is 0 Å². The van der Waals surface area contributed by atoms with E-state index in [1.807, 2.05) is 31.2 Å². The summed E-state index contributed by atoms with van der Waals surface area (Å²) in [6, 6.07) is 13.9. The maximum absolute atomic E-state index is 12.6. The molecule has 140 valence electrons. The van der Waals surface area contributed by atoms with Gasteiger partial charge in [0.1, 0.15) is 6.04 Å². The van der Waals surface area contributed by atoms with Gasteiger partial charge >= 0.3 is 5.97 Å². The van der Waals surface area contributed by atoms with Gasteiger partial charge in [-0.2, -0.15) is 0 Å². The molecule has 1 aliphatic rings. The van der Waals surface area contributed by atoms with Crippen molar-refractivity contribution < 1.29 is 19.5 Å². The third-order valence-corrected chi connectivity index (χ3v) is 4.75. The minimum atomic E-state index is -1.01. The molecule has 2 aromatic carbocycles. The molecule has 2 amide bonds. The summed E-state index contributed by atoms with van der Waals surface area (Å²) in [7, 11) is 0. The van der Waals surface area contributed by atoms with E-state index in [2.05, 4.69) is 5.32 Å². The standard InChI is InChI=1S/C21H22N2O4/c1-14-5-7-15(8-6-14)13-23-18(9-10-19(23)24)20(25)22-12-16-3-2-4-17(11-16)21(26)27/h2-8,11,18H,9-10,12-13H2,1H3,(H,22,25)(H,26,27)/t18-/m1/s1. The number of carbonyl (C=O) groups excluding carboxylic acids is 2. The summed E-state index contributed by atoms with van der Waals surface area (Å²) in [4.78, 5) is 37.5. The third kappa shape index (κ3) is 4.53. The van der Waals surface area contributed by atoms with Crippen LogP contribution in [0.25, 0.3) is 0 Å². The number of carboxylic acids is 1. The van der Waals surface area contributed by atoms with Crippen LogP contribution >= 0.6 is 0 Å². The van der Waals surface area contributed by atoms with Gasteiger partial charge < -0.3 is 15.3 Å². The van der Waals surface area contributed by atoms with E-state index in [-0.39, 0.29) is 23.9 Å². The Labute approximate surface area is 157 Å². The Kier molecular flexibility index (Phi) is 5.54. The monoisotopic (exact) mass is 366 g/mol. The zero-order valence-corrected chi connectivity index (χ0v) is 15.1. The van der Waals surface area contributed by atoms with E-state index in [9.17, 15) is 14.4 Å². The van der Waals surface area contributed by atoms with Gasteiger partial charge in [0.15, 0.2) is 0 Å².